The van der Waals surface area contributed by atoms with E-state index in [1.54, 1.807) is 13.0 Å². The summed E-state index contributed by atoms with van der Waals surface area (Å²) in [6.07, 6.45) is 1.70. The second kappa shape index (κ2) is 4.85. The van der Waals surface area contributed by atoms with Crippen molar-refractivity contribution >= 4 is 33.0 Å². The molecular formula is C10H15ClN2O2S2. The molecule has 1 fully saturated rings. The van der Waals surface area contributed by atoms with Crippen molar-refractivity contribution in [1.82, 2.24) is 4.31 Å². The molecule has 1 atom stereocenters. The molecule has 0 aromatic carbocycles. The van der Waals surface area contributed by atoms with E-state index in [-0.39, 0.29) is 6.04 Å². The van der Waals surface area contributed by atoms with E-state index < -0.39 is 10.0 Å². The second-order valence-corrected chi connectivity index (χ2v) is 8.11. The molecule has 0 saturated carbocycles. The minimum Gasteiger partial charge on any atom is -0.327 e. The number of aryl methyl sites for hydroxylation is 1. The van der Waals surface area contributed by atoms with Gasteiger partial charge in [-0.1, -0.05) is 11.6 Å². The van der Waals surface area contributed by atoms with Gasteiger partial charge in [0, 0.05) is 19.1 Å². The Morgan fingerprint density at radius 1 is 1.59 bits per heavy atom. The van der Waals surface area contributed by atoms with Gasteiger partial charge in [0.1, 0.15) is 4.21 Å². The molecular weight excluding hydrogens is 280 g/mol. The average molecular weight is 295 g/mol. The Hall–Kier alpha value is -0.140. The number of hydrogen-bond donors (Lipinski definition) is 1. The number of nitrogens with two attached hydrogens (primary N) is 1. The average Bonchev–Trinajstić information content (AvgIpc) is 2.60. The third-order valence-corrected chi connectivity index (χ3v) is 6.72. The summed E-state index contributed by atoms with van der Waals surface area (Å²) in [7, 11) is -3.41. The summed E-state index contributed by atoms with van der Waals surface area (Å²) in [6.45, 7) is 2.75. The zero-order valence-electron chi connectivity index (χ0n) is 9.52. The molecule has 2 N–H and O–H groups in total. The van der Waals surface area contributed by atoms with Gasteiger partial charge < -0.3 is 5.73 Å². The number of nitrogens with zero attached hydrogens (tertiary/aromatic N) is 1. The van der Waals surface area contributed by atoms with Gasteiger partial charge in [-0.3, -0.25) is 0 Å². The first kappa shape index (κ1) is 13.3. The molecule has 2 rings (SSSR count). The van der Waals surface area contributed by atoms with Crippen LogP contribution in [0.2, 0.25) is 4.34 Å². The quantitative estimate of drug-likeness (QED) is 0.905. The van der Waals surface area contributed by atoms with Gasteiger partial charge in [0.2, 0.25) is 0 Å². The summed E-state index contributed by atoms with van der Waals surface area (Å²) in [5.74, 6) is 0. The van der Waals surface area contributed by atoms with E-state index in [1.807, 2.05) is 0 Å². The van der Waals surface area contributed by atoms with Crippen LogP contribution in [0.1, 0.15) is 18.4 Å². The highest BCUT2D eigenvalue weighted by Gasteiger charge is 2.30. The Morgan fingerprint density at radius 3 is 2.82 bits per heavy atom. The van der Waals surface area contributed by atoms with E-state index in [0.29, 0.717) is 21.6 Å². The monoisotopic (exact) mass is 294 g/mol. The number of piperidine rings is 1. The molecule has 0 amide bonds. The molecule has 4 nitrogen and oxygen atoms in total. The first-order valence-corrected chi connectivity index (χ1v) is 8.06. The van der Waals surface area contributed by atoms with Gasteiger partial charge >= 0.3 is 0 Å². The van der Waals surface area contributed by atoms with Crippen LogP contribution in [-0.4, -0.2) is 31.9 Å². The Bertz CT molecular complexity index is 493. The molecule has 1 aromatic rings. The lowest BCUT2D eigenvalue weighted by molar-refractivity contribution is 0.316. The van der Waals surface area contributed by atoms with Gasteiger partial charge in [-0.25, -0.2) is 8.42 Å². The molecule has 1 aromatic heterocycles. The summed E-state index contributed by atoms with van der Waals surface area (Å²) < 4.78 is 26.9. The van der Waals surface area contributed by atoms with Gasteiger partial charge in [-0.2, -0.15) is 4.31 Å². The van der Waals surface area contributed by atoms with E-state index in [4.69, 9.17) is 17.3 Å². The summed E-state index contributed by atoms with van der Waals surface area (Å²) >= 11 is 7.03. The summed E-state index contributed by atoms with van der Waals surface area (Å²) in [6, 6.07) is 1.57. The zero-order chi connectivity index (χ0) is 12.6. The highest BCUT2D eigenvalue weighted by Crippen LogP contribution is 2.32. The van der Waals surface area contributed by atoms with Crippen molar-refractivity contribution < 1.29 is 8.42 Å². The van der Waals surface area contributed by atoms with Crippen LogP contribution < -0.4 is 5.73 Å². The van der Waals surface area contributed by atoms with Gasteiger partial charge in [0.15, 0.2) is 0 Å². The minimum atomic E-state index is -3.41. The molecule has 0 spiro atoms. The molecule has 1 unspecified atom stereocenters. The third-order valence-electron chi connectivity index (χ3n) is 2.85. The van der Waals surface area contributed by atoms with Crippen LogP contribution in [0, 0.1) is 6.92 Å². The maximum atomic E-state index is 12.3. The Balaban J connectivity index is 2.29. The molecule has 2 heterocycles. The van der Waals surface area contributed by atoms with Gasteiger partial charge in [-0.05, 0) is 31.4 Å². The lowest BCUT2D eigenvalue weighted by atomic mass is 10.1. The minimum absolute atomic E-state index is 0.0601. The Kier molecular flexibility index (Phi) is 3.80. The molecule has 17 heavy (non-hydrogen) atoms. The first-order valence-electron chi connectivity index (χ1n) is 5.43. The van der Waals surface area contributed by atoms with Crippen molar-refractivity contribution in [3.63, 3.8) is 0 Å². The Morgan fingerprint density at radius 2 is 2.29 bits per heavy atom. The summed E-state index contributed by atoms with van der Waals surface area (Å²) in [5, 5.41) is 0. The van der Waals surface area contributed by atoms with E-state index in [9.17, 15) is 8.42 Å². The van der Waals surface area contributed by atoms with Gasteiger partial charge in [-0.15, -0.1) is 11.3 Å². The summed E-state index contributed by atoms with van der Waals surface area (Å²) in [5.41, 5.74) is 6.61. The lowest BCUT2D eigenvalue weighted by Crippen LogP contribution is -2.45. The second-order valence-electron chi connectivity index (χ2n) is 4.29. The molecule has 1 aliphatic rings. The maximum absolute atomic E-state index is 12.3. The van der Waals surface area contributed by atoms with Crippen LogP contribution in [0.3, 0.4) is 0 Å². The van der Waals surface area contributed by atoms with Crippen molar-refractivity contribution in [1.29, 1.82) is 0 Å². The van der Waals surface area contributed by atoms with Crippen LogP contribution >= 0.6 is 22.9 Å². The van der Waals surface area contributed by atoms with Crippen molar-refractivity contribution in [3.05, 3.63) is 16.0 Å². The topological polar surface area (TPSA) is 63.4 Å². The summed E-state index contributed by atoms with van der Waals surface area (Å²) in [4.78, 5) is 0. The van der Waals surface area contributed by atoms with Crippen LogP contribution in [-0.2, 0) is 10.0 Å². The van der Waals surface area contributed by atoms with Crippen molar-refractivity contribution in [3.8, 4) is 0 Å². The number of sulfonamides is 1. The van der Waals surface area contributed by atoms with Crippen LogP contribution in [0.4, 0.5) is 0 Å². The fraction of sp³-hybridized carbons (Fsp3) is 0.600. The van der Waals surface area contributed by atoms with E-state index in [0.717, 1.165) is 29.7 Å². The number of thiophene rings is 1. The standard InChI is InChI=1S/C10H15ClN2O2S2/c1-7-5-9(16-10(7)11)17(14,15)13-4-2-3-8(12)6-13/h5,8H,2-4,6,12H2,1H3. The van der Waals surface area contributed by atoms with Crippen molar-refractivity contribution in [2.45, 2.75) is 30.0 Å². The fourth-order valence-electron chi connectivity index (χ4n) is 1.88. The molecule has 1 saturated heterocycles. The van der Waals surface area contributed by atoms with E-state index in [2.05, 4.69) is 0 Å². The number of halogens is 1. The van der Waals surface area contributed by atoms with Crippen molar-refractivity contribution in [2.24, 2.45) is 5.73 Å². The first-order chi connectivity index (χ1) is 7.91. The van der Waals surface area contributed by atoms with Crippen LogP contribution in [0.25, 0.3) is 0 Å². The van der Waals surface area contributed by atoms with Crippen LogP contribution in [0.15, 0.2) is 10.3 Å². The van der Waals surface area contributed by atoms with E-state index >= 15 is 0 Å². The molecule has 7 heteroatoms. The maximum Gasteiger partial charge on any atom is 0.252 e. The zero-order valence-corrected chi connectivity index (χ0v) is 11.9. The third kappa shape index (κ3) is 2.66. The highest BCUT2D eigenvalue weighted by molar-refractivity contribution is 7.91. The largest absolute Gasteiger partial charge is 0.327 e. The molecule has 0 radical (unpaired) electrons. The smallest absolute Gasteiger partial charge is 0.252 e. The molecule has 0 bridgehead atoms. The van der Waals surface area contributed by atoms with E-state index in [1.165, 1.54) is 4.31 Å². The molecule has 0 aliphatic carbocycles. The van der Waals surface area contributed by atoms with Gasteiger partial charge in [0.25, 0.3) is 10.0 Å². The highest BCUT2D eigenvalue weighted by atomic mass is 35.5. The predicted molar refractivity (Wildman–Crippen MR) is 70.0 cm³/mol. The van der Waals surface area contributed by atoms with Crippen molar-refractivity contribution in [2.75, 3.05) is 13.1 Å². The normalized spacial score (nSPS) is 22.9. The SMILES string of the molecule is Cc1cc(S(=O)(=O)N2CCCC(N)C2)sc1Cl. The predicted octanol–water partition coefficient (Wildman–Crippen LogP) is 1.82. The van der Waals surface area contributed by atoms with Gasteiger partial charge in [0.05, 0.1) is 4.34 Å². The molecule has 1 aliphatic heterocycles. The lowest BCUT2D eigenvalue weighted by Gasteiger charge is -2.29. The fourth-order valence-corrected chi connectivity index (χ4v) is 5.28. The number of rotatable bonds is 2. The number of hydrogen-bond acceptors (Lipinski definition) is 4. The molecule has 96 valence electrons. The Labute approximate surface area is 110 Å². The van der Waals surface area contributed by atoms with Crippen LogP contribution in [0.5, 0.6) is 0 Å².